The fraction of sp³-hybridized carbons (Fsp3) is 0.333. The zero-order valence-corrected chi connectivity index (χ0v) is 15.4. The third-order valence-electron chi connectivity index (χ3n) is 5.04. The quantitative estimate of drug-likeness (QED) is 0.889. The van der Waals surface area contributed by atoms with E-state index >= 15 is 0 Å². The first-order valence-electron chi connectivity index (χ1n) is 9.17. The Balaban J connectivity index is 1.60. The molecule has 0 atom stereocenters. The summed E-state index contributed by atoms with van der Waals surface area (Å²) >= 11 is 1.73. The van der Waals surface area contributed by atoms with E-state index in [2.05, 4.69) is 5.32 Å². The zero-order valence-electron chi connectivity index (χ0n) is 14.6. The van der Waals surface area contributed by atoms with Crippen LogP contribution < -0.4 is 10.2 Å². The number of anilines is 1. The molecule has 4 nitrogen and oxygen atoms in total. The molecule has 0 unspecified atom stereocenters. The second-order valence-electron chi connectivity index (χ2n) is 6.81. The van der Waals surface area contributed by atoms with Gasteiger partial charge in [0.2, 0.25) is 0 Å². The van der Waals surface area contributed by atoms with Gasteiger partial charge in [0, 0.05) is 34.4 Å². The van der Waals surface area contributed by atoms with E-state index in [4.69, 9.17) is 0 Å². The smallest absolute Gasteiger partial charge is 0.258 e. The number of hydrogen-bond donors (Lipinski definition) is 1. The molecule has 1 N–H and O–H groups in total. The lowest BCUT2D eigenvalue weighted by Gasteiger charge is -2.29. The molecule has 134 valence electrons. The van der Waals surface area contributed by atoms with Crippen LogP contribution in [0.2, 0.25) is 0 Å². The van der Waals surface area contributed by atoms with Gasteiger partial charge in [0.25, 0.3) is 11.8 Å². The maximum absolute atomic E-state index is 12.9. The average molecular weight is 366 g/mol. The molecule has 4 rings (SSSR count). The highest BCUT2D eigenvalue weighted by atomic mass is 32.2. The second-order valence-corrected chi connectivity index (χ2v) is 7.95. The summed E-state index contributed by atoms with van der Waals surface area (Å²) in [6.07, 6.45) is 4.49. The zero-order chi connectivity index (χ0) is 17.9. The van der Waals surface area contributed by atoms with Gasteiger partial charge in [0.1, 0.15) is 0 Å². The van der Waals surface area contributed by atoms with Gasteiger partial charge in [-0.25, -0.2) is 0 Å². The standard InChI is InChI=1S/C21H22N2O2S/c24-20(22-17-8-4-5-9-17)16-10-11-19-18(14-16)23(12-13-26-19)21(25)15-6-2-1-3-7-15/h1-3,6-7,10-11,14,17H,4-5,8-9,12-13H2,(H,22,24). The van der Waals surface area contributed by atoms with Gasteiger partial charge in [0.05, 0.1) is 5.69 Å². The maximum atomic E-state index is 12.9. The van der Waals surface area contributed by atoms with Gasteiger partial charge in [-0.1, -0.05) is 31.0 Å². The predicted octanol–water partition coefficient (Wildman–Crippen LogP) is 4.11. The Kier molecular flexibility index (Phi) is 4.98. The van der Waals surface area contributed by atoms with Gasteiger partial charge >= 0.3 is 0 Å². The molecule has 0 aromatic heterocycles. The number of carbonyl (C=O) groups excluding carboxylic acids is 2. The van der Waals surface area contributed by atoms with E-state index in [0.717, 1.165) is 29.2 Å². The van der Waals surface area contributed by atoms with E-state index in [1.165, 1.54) is 12.8 Å². The van der Waals surface area contributed by atoms with Gasteiger partial charge in [-0.15, -0.1) is 11.8 Å². The summed E-state index contributed by atoms with van der Waals surface area (Å²) in [6.45, 7) is 0.652. The van der Waals surface area contributed by atoms with Crippen molar-refractivity contribution in [1.29, 1.82) is 0 Å². The van der Waals surface area contributed by atoms with Crippen LogP contribution in [0.3, 0.4) is 0 Å². The Morgan fingerprint density at radius 1 is 1.00 bits per heavy atom. The normalized spacial score (nSPS) is 17.0. The van der Waals surface area contributed by atoms with Gasteiger partial charge in [-0.3, -0.25) is 9.59 Å². The molecule has 5 heteroatoms. The van der Waals surface area contributed by atoms with E-state index < -0.39 is 0 Å². The van der Waals surface area contributed by atoms with E-state index in [1.807, 2.05) is 48.5 Å². The third kappa shape index (κ3) is 3.49. The molecule has 1 fully saturated rings. The van der Waals surface area contributed by atoms with Crippen LogP contribution in [-0.4, -0.2) is 30.2 Å². The molecule has 2 amide bonds. The summed E-state index contributed by atoms with van der Waals surface area (Å²) in [6, 6.07) is 15.3. The fourth-order valence-corrected chi connectivity index (χ4v) is 4.62. The number of fused-ring (bicyclic) bond motifs is 1. The average Bonchev–Trinajstić information content (AvgIpc) is 3.20. The van der Waals surface area contributed by atoms with Crippen molar-refractivity contribution in [3.8, 4) is 0 Å². The minimum atomic E-state index is -0.0395. The van der Waals surface area contributed by atoms with Crippen molar-refractivity contribution in [3.63, 3.8) is 0 Å². The summed E-state index contributed by atoms with van der Waals surface area (Å²) in [5.41, 5.74) is 2.14. The van der Waals surface area contributed by atoms with Crippen molar-refractivity contribution < 1.29 is 9.59 Å². The number of nitrogens with zero attached hydrogens (tertiary/aromatic N) is 1. The van der Waals surface area contributed by atoms with E-state index in [1.54, 1.807) is 16.7 Å². The van der Waals surface area contributed by atoms with Crippen LogP contribution in [0, 0.1) is 0 Å². The number of rotatable bonds is 3. The van der Waals surface area contributed by atoms with Gasteiger partial charge < -0.3 is 10.2 Å². The fourth-order valence-electron chi connectivity index (χ4n) is 3.65. The molecular weight excluding hydrogens is 344 g/mol. The first kappa shape index (κ1) is 17.2. The lowest BCUT2D eigenvalue weighted by atomic mass is 10.1. The molecule has 0 saturated heterocycles. The molecule has 2 aliphatic rings. The highest BCUT2D eigenvalue weighted by Gasteiger charge is 2.26. The molecule has 1 heterocycles. The highest BCUT2D eigenvalue weighted by molar-refractivity contribution is 7.99. The lowest BCUT2D eigenvalue weighted by Crippen LogP contribution is -2.36. The van der Waals surface area contributed by atoms with Crippen LogP contribution in [0.15, 0.2) is 53.4 Å². The SMILES string of the molecule is O=C(NC1CCCC1)c1ccc2c(c1)N(C(=O)c1ccccc1)CCS2. The molecule has 0 spiro atoms. The van der Waals surface area contributed by atoms with Gasteiger partial charge in [-0.2, -0.15) is 0 Å². The van der Waals surface area contributed by atoms with Crippen LogP contribution in [0.1, 0.15) is 46.4 Å². The molecule has 1 aliphatic heterocycles. The first-order chi connectivity index (χ1) is 12.7. The Morgan fingerprint density at radius 3 is 2.54 bits per heavy atom. The molecular formula is C21H22N2O2S. The summed E-state index contributed by atoms with van der Waals surface area (Å²) in [5.74, 6) is 0.807. The largest absolute Gasteiger partial charge is 0.349 e. The second kappa shape index (κ2) is 7.54. The van der Waals surface area contributed by atoms with Crippen LogP contribution in [0.25, 0.3) is 0 Å². The number of carbonyl (C=O) groups is 2. The molecule has 2 aromatic carbocycles. The minimum Gasteiger partial charge on any atom is -0.349 e. The van der Waals surface area contributed by atoms with Crippen LogP contribution in [-0.2, 0) is 0 Å². The predicted molar refractivity (Wildman–Crippen MR) is 105 cm³/mol. The van der Waals surface area contributed by atoms with Crippen molar-refractivity contribution in [2.24, 2.45) is 0 Å². The van der Waals surface area contributed by atoms with Crippen molar-refractivity contribution in [1.82, 2.24) is 5.32 Å². The number of benzene rings is 2. The summed E-state index contributed by atoms with van der Waals surface area (Å²) in [5, 5.41) is 3.13. The number of nitrogens with one attached hydrogen (secondary N) is 1. The maximum Gasteiger partial charge on any atom is 0.258 e. The van der Waals surface area contributed by atoms with Crippen molar-refractivity contribution in [2.45, 2.75) is 36.6 Å². The first-order valence-corrected chi connectivity index (χ1v) is 10.2. The summed E-state index contributed by atoms with van der Waals surface area (Å²) in [7, 11) is 0. The van der Waals surface area contributed by atoms with Crippen LogP contribution in [0.4, 0.5) is 5.69 Å². The van der Waals surface area contributed by atoms with Crippen molar-refractivity contribution in [3.05, 3.63) is 59.7 Å². The van der Waals surface area contributed by atoms with Gasteiger partial charge in [0.15, 0.2) is 0 Å². The van der Waals surface area contributed by atoms with Crippen molar-refractivity contribution >= 4 is 29.3 Å². The monoisotopic (exact) mass is 366 g/mol. The lowest BCUT2D eigenvalue weighted by molar-refractivity contribution is 0.0935. The third-order valence-corrected chi connectivity index (χ3v) is 6.08. The molecule has 0 radical (unpaired) electrons. The van der Waals surface area contributed by atoms with Gasteiger partial charge in [-0.05, 0) is 43.2 Å². The Hall–Kier alpha value is -2.27. The molecule has 2 aromatic rings. The Morgan fingerprint density at radius 2 is 1.77 bits per heavy atom. The highest BCUT2D eigenvalue weighted by Crippen LogP contribution is 2.36. The molecule has 1 saturated carbocycles. The summed E-state index contributed by atoms with van der Waals surface area (Å²) in [4.78, 5) is 28.4. The Labute approximate surface area is 158 Å². The molecule has 1 aliphatic carbocycles. The van der Waals surface area contributed by atoms with E-state index in [-0.39, 0.29) is 17.9 Å². The van der Waals surface area contributed by atoms with E-state index in [9.17, 15) is 9.59 Å². The number of amides is 2. The summed E-state index contributed by atoms with van der Waals surface area (Å²) < 4.78 is 0. The molecule has 26 heavy (non-hydrogen) atoms. The minimum absolute atomic E-state index is 0.0134. The van der Waals surface area contributed by atoms with Crippen LogP contribution >= 0.6 is 11.8 Å². The number of hydrogen-bond acceptors (Lipinski definition) is 3. The van der Waals surface area contributed by atoms with Crippen molar-refractivity contribution in [2.75, 3.05) is 17.2 Å². The van der Waals surface area contributed by atoms with E-state index in [0.29, 0.717) is 17.7 Å². The Bertz CT molecular complexity index is 816. The number of thioether (sulfide) groups is 1. The molecule has 0 bridgehead atoms. The van der Waals surface area contributed by atoms with Crippen LogP contribution in [0.5, 0.6) is 0 Å². The topological polar surface area (TPSA) is 49.4 Å².